The van der Waals surface area contributed by atoms with E-state index in [0.29, 0.717) is 11.3 Å². The second kappa shape index (κ2) is 6.64. The smallest absolute Gasteiger partial charge is 0.326 e. The summed E-state index contributed by atoms with van der Waals surface area (Å²) in [7, 11) is 1.49. The maximum Gasteiger partial charge on any atom is 0.326 e. The molecule has 100 valence electrons. The van der Waals surface area contributed by atoms with Crippen molar-refractivity contribution in [2.75, 3.05) is 12.9 Å². The third-order valence-electron chi connectivity index (χ3n) is 3.25. The maximum atomic E-state index is 12.1. The van der Waals surface area contributed by atoms with Gasteiger partial charge >= 0.3 is 5.97 Å². The topological polar surface area (TPSA) is 38.3 Å². The van der Waals surface area contributed by atoms with Crippen LogP contribution in [0.5, 0.6) is 0 Å². The first kappa shape index (κ1) is 14.8. The number of hydrogen-bond acceptors (Lipinski definition) is 4. The van der Waals surface area contributed by atoms with Crippen molar-refractivity contribution >= 4 is 17.7 Å². The lowest BCUT2D eigenvalue weighted by Gasteiger charge is -2.40. The van der Waals surface area contributed by atoms with Gasteiger partial charge in [0.05, 0.1) is 7.11 Å². The van der Waals surface area contributed by atoms with Gasteiger partial charge < -0.3 is 4.74 Å². The van der Waals surface area contributed by atoms with Crippen LogP contribution < -0.4 is 5.32 Å². The van der Waals surface area contributed by atoms with Gasteiger partial charge in [-0.2, -0.15) is 11.8 Å². The van der Waals surface area contributed by atoms with Gasteiger partial charge in [0.25, 0.3) is 0 Å². The molecule has 0 aromatic rings. The lowest BCUT2D eigenvalue weighted by atomic mass is 9.81. The van der Waals surface area contributed by atoms with E-state index in [1.807, 2.05) is 11.8 Å². The number of esters is 1. The van der Waals surface area contributed by atoms with Gasteiger partial charge in [0.2, 0.25) is 0 Å². The van der Waals surface area contributed by atoms with Crippen LogP contribution in [0.3, 0.4) is 0 Å². The Morgan fingerprint density at radius 1 is 1.59 bits per heavy atom. The number of hydrogen-bond donors (Lipinski definition) is 1. The van der Waals surface area contributed by atoms with Gasteiger partial charge in [-0.25, -0.2) is 0 Å². The van der Waals surface area contributed by atoms with Crippen molar-refractivity contribution in [3.8, 4) is 0 Å². The highest BCUT2D eigenvalue weighted by Crippen LogP contribution is 2.36. The summed E-state index contributed by atoms with van der Waals surface area (Å²) >= 11 is 1.96. The van der Waals surface area contributed by atoms with Gasteiger partial charge in [0, 0.05) is 11.3 Å². The van der Waals surface area contributed by atoms with Crippen LogP contribution in [0.1, 0.15) is 46.5 Å². The summed E-state index contributed by atoms with van der Waals surface area (Å²) in [6.45, 7) is 6.34. The standard InChI is InChI=1S/C13H25NO2S/c1-5-17-11-7-6-8-13(9-11,12(15)16-4)14-10(2)3/h10-11,14H,5-9H2,1-4H3. The highest BCUT2D eigenvalue weighted by Gasteiger charge is 2.43. The Bertz CT molecular complexity index is 256. The third kappa shape index (κ3) is 3.88. The molecular formula is C13H25NO2S. The Hall–Kier alpha value is -0.220. The number of ether oxygens (including phenoxy) is 1. The Kier molecular flexibility index (Phi) is 5.80. The van der Waals surface area contributed by atoms with Gasteiger partial charge in [0.1, 0.15) is 5.54 Å². The molecule has 1 N–H and O–H groups in total. The minimum absolute atomic E-state index is 0.0902. The van der Waals surface area contributed by atoms with Crippen molar-refractivity contribution in [1.29, 1.82) is 0 Å². The quantitative estimate of drug-likeness (QED) is 0.770. The molecule has 3 nitrogen and oxygen atoms in total. The molecule has 1 rings (SSSR count). The van der Waals surface area contributed by atoms with Gasteiger partial charge in [0.15, 0.2) is 0 Å². The highest BCUT2D eigenvalue weighted by atomic mass is 32.2. The molecule has 2 unspecified atom stereocenters. The molecule has 0 saturated heterocycles. The van der Waals surface area contributed by atoms with Crippen molar-refractivity contribution in [2.45, 2.75) is 63.3 Å². The average Bonchev–Trinajstić information content (AvgIpc) is 2.28. The minimum Gasteiger partial charge on any atom is -0.468 e. The molecular weight excluding hydrogens is 234 g/mol. The zero-order valence-corrected chi connectivity index (χ0v) is 12.2. The molecule has 0 bridgehead atoms. The molecule has 1 aliphatic rings. The summed E-state index contributed by atoms with van der Waals surface area (Å²) in [5.74, 6) is 1.02. The molecule has 1 aliphatic carbocycles. The minimum atomic E-state index is -0.450. The molecule has 0 amide bonds. The first-order chi connectivity index (χ1) is 8.04. The summed E-state index contributed by atoms with van der Waals surface area (Å²) in [6.07, 6.45) is 4.12. The lowest BCUT2D eigenvalue weighted by Crippen LogP contribution is -2.58. The zero-order valence-electron chi connectivity index (χ0n) is 11.4. The second-order valence-electron chi connectivity index (χ2n) is 5.05. The molecule has 4 heteroatoms. The van der Waals surface area contributed by atoms with Gasteiger partial charge in [-0.3, -0.25) is 10.1 Å². The molecule has 0 radical (unpaired) electrons. The fourth-order valence-corrected chi connectivity index (χ4v) is 3.93. The SMILES string of the molecule is CCSC1CCCC(NC(C)C)(C(=O)OC)C1. The van der Waals surface area contributed by atoms with Crippen LogP contribution in [-0.4, -0.2) is 35.7 Å². The number of nitrogens with one attached hydrogen (secondary N) is 1. The van der Waals surface area contributed by atoms with Crippen molar-refractivity contribution < 1.29 is 9.53 Å². The summed E-state index contributed by atoms with van der Waals surface area (Å²) < 4.78 is 5.01. The summed E-state index contributed by atoms with van der Waals surface area (Å²) in [5.41, 5.74) is -0.450. The lowest BCUT2D eigenvalue weighted by molar-refractivity contribution is -0.150. The molecule has 2 atom stereocenters. The van der Waals surface area contributed by atoms with E-state index >= 15 is 0 Å². The Morgan fingerprint density at radius 3 is 2.82 bits per heavy atom. The number of rotatable bonds is 5. The van der Waals surface area contributed by atoms with Crippen LogP contribution >= 0.6 is 11.8 Å². The Labute approximate surface area is 109 Å². The van der Waals surface area contributed by atoms with E-state index in [9.17, 15) is 4.79 Å². The summed E-state index contributed by atoms with van der Waals surface area (Å²) in [5, 5.41) is 4.03. The molecule has 1 fully saturated rings. The largest absolute Gasteiger partial charge is 0.468 e. The first-order valence-corrected chi connectivity index (χ1v) is 7.56. The van der Waals surface area contributed by atoms with Crippen LogP contribution in [0.4, 0.5) is 0 Å². The molecule has 0 aromatic carbocycles. The Morgan fingerprint density at radius 2 is 2.29 bits per heavy atom. The maximum absolute atomic E-state index is 12.1. The van der Waals surface area contributed by atoms with E-state index in [1.165, 1.54) is 13.5 Å². The van der Waals surface area contributed by atoms with Crippen molar-refractivity contribution in [3.05, 3.63) is 0 Å². The van der Waals surface area contributed by atoms with E-state index in [0.717, 1.165) is 25.0 Å². The van der Waals surface area contributed by atoms with Gasteiger partial charge in [-0.05, 0) is 45.3 Å². The second-order valence-corrected chi connectivity index (χ2v) is 6.62. The van der Waals surface area contributed by atoms with Crippen molar-refractivity contribution in [2.24, 2.45) is 0 Å². The number of methoxy groups -OCH3 is 1. The third-order valence-corrected chi connectivity index (χ3v) is 4.46. The molecule has 0 spiro atoms. The Balaban J connectivity index is 2.78. The van der Waals surface area contributed by atoms with E-state index in [4.69, 9.17) is 4.74 Å². The normalized spacial score (nSPS) is 29.4. The van der Waals surface area contributed by atoms with Crippen LogP contribution in [-0.2, 0) is 9.53 Å². The summed E-state index contributed by atoms with van der Waals surface area (Å²) in [4.78, 5) is 12.1. The zero-order chi connectivity index (χ0) is 12.9. The van der Waals surface area contributed by atoms with Crippen LogP contribution in [0, 0.1) is 0 Å². The highest BCUT2D eigenvalue weighted by molar-refractivity contribution is 7.99. The monoisotopic (exact) mass is 259 g/mol. The van der Waals surface area contributed by atoms with Crippen LogP contribution in [0.15, 0.2) is 0 Å². The predicted octanol–water partition coefficient (Wildman–Crippen LogP) is 2.59. The molecule has 1 saturated carbocycles. The van der Waals surface area contributed by atoms with Crippen molar-refractivity contribution in [1.82, 2.24) is 5.32 Å². The first-order valence-electron chi connectivity index (χ1n) is 6.51. The molecule has 0 heterocycles. The van der Waals surface area contributed by atoms with Gasteiger partial charge in [-0.1, -0.05) is 6.92 Å². The molecule has 0 aromatic heterocycles. The van der Waals surface area contributed by atoms with E-state index < -0.39 is 5.54 Å². The van der Waals surface area contributed by atoms with E-state index in [-0.39, 0.29) is 5.97 Å². The number of thioether (sulfide) groups is 1. The van der Waals surface area contributed by atoms with E-state index in [2.05, 4.69) is 26.1 Å². The molecule has 0 aliphatic heterocycles. The van der Waals surface area contributed by atoms with E-state index in [1.54, 1.807) is 0 Å². The van der Waals surface area contributed by atoms with Crippen LogP contribution in [0.2, 0.25) is 0 Å². The van der Waals surface area contributed by atoms with Gasteiger partial charge in [-0.15, -0.1) is 0 Å². The average molecular weight is 259 g/mol. The summed E-state index contributed by atoms with van der Waals surface area (Å²) in [6, 6.07) is 0.305. The number of carbonyl (C=O) groups is 1. The fraction of sp³-hybridized carbons (Fsp3) is 0.923. The molecule has 17 heavy (non-hydrogen) atoms. The predicted molar refractivity (Wildman–Crippen MR) is 73.4 cm³/mol. The van der Waals surface area contributed by atoms with Crippen LogP contribution in [0.25, 0.3) is 0 Å². The fourth-order valence-electron chi connectivity index (χ4n) is 2.73. The van der Waals surface area contributed by atoms with Crippen molar-refractivity contribution in [3.63, 3.8) is 0 Å². The number of carbonyl (C=O) groups excluding carboxylic acids is 1.